The average molecular weight is 456 g/mol. The number of fused-ring (bicyclic) bond motifs is 2. The predicted molar refractivity (Wildman–Crippen MR) is 121 cm³/mol. The van der Waals surface area contributed by atoms with Crippen molar-refractivity contribution in [2.45, 2.75) is 39.9 Å². The lowest BCUT2D eigenvalue weighted by atomic mass is 10.1. The molecule has 4 aromatic rings. The number of aliphatic hydroxyl groups is 1. The van der Waals surface area contributed by atoms with Gasteiger partial charge in [0.2, 0.25) is 0 Å². The summed E-state index contributed by atoms with van der Waals surface area (Å²) >= 11 is 1.37. The van der Waals surface area contributed by atoms with Gasteiger partial charge in [-0.05, 0) is 45.4 Å². The predicted octanol–water partition coefficient (Wildman–Crippen LogP) is 4.68. The SMILES string of the molecule is CCOC(=O)c1cnc2c(-c3nc4cc(F)c(O[C@@H](C)[C@@H](C)O)cc4s3)cc(C)cc2n1. The number of rotatable bonds is 6. The number of halogens is 1. The van der Waals surface area contributed by atoms with Crippen molar-refractivity contribution in [1.29, 1.82) is 0 Å². The summed E-state index contributed by atoms with van der Waals surface area (Å²) in [6.45, 7) is 7.16. The molecule has 1 N–H and O–H groups in total. The van der Waals surface area contributed by atoms with Crippen molar-refractivity contribution < 1.29 is 23.8 Å². The maximum atomic E-state index is 14.5. The van der Waals surface area contributed by atoms with Crippen molar-refractivity contribution in [2.75, 3.05) is 6.61 Å². The monoisotopic (exact) mass is 455 g/mol. The summed E-state index contributed by atoms with van der Waals surface area (Å²) in [5, 5.41) is 10.3. The average Bonchev–Trinajstić information content (AvgIpc) is 3.15. The molecule has 9 heteroatoms. The Morgan fingerprint density at radius 1 is 1.19 bits per heavy atom. The molecule has 0 bridgehead atoms. The quantitative estimate of drug-likeness (QED) is 0.422. The van der Waals surface area contributed by atoms with Crippen molar-refractivity contribution in [1.82, 2.24) is 15.0 Å². The van der Waals surface area contributed by atoms with Gasteiger partial charge in [-0.25, -0.2) is 19.2 Å². The van der Waals surface area contributed by atoms with Crippen LogP contribution in [0.5, 0.6) is 5.75 Å². The molecule has 2 heterocycles. The third kappa shape index (κ3) is 4.26. The molecule has 0 amide bonds. The minimum absolute atomic E-state index is 0.0640. The van der Waals surface area contributed by atoms with Crippen LogP contribution in [0.1, 0.15) is 36.8 Å². The number of aromatic nitrogens is 3. The largest absolute Gasteiger partial charge is 0.485 e. The normalized spacial score (nSPS) is 13.3. The van der Waals surface area contributed by atoms with Crippen LogP contribution in [-0.2, 0) is 4.74 Å². The van der Waals surface area contributed by atoms with Gasteiger partial charge >= 0.3 is 5.97 Å². The molecule has 0 spiro atoms. The Morgan fingerprint density at radius 3 is 2.69 bits per heavy atom. The van der Waals surface area contributed by atoms with E-state index in [0.717, 1.165) is 15.8 Å². The van der Waals surface area contributed by atoms with Crippen molar-refractivity contribution >= 4 is 38.6 Å². The molecule has 0 radical (unpaired) electrons. The van der Waals surface area contributed by atoms with Gasteiger partial charge in [-0.3, -0.25) is 4.98 Å². The van der Waals surface area contributed by atoms with E-state index in [1.165, 1.54) is 23.6 Å². The van der Waals surface area contributed by atoms with Crippen LogP contribution >= 0.6 is 11.3 Å². The highest BCUT2D eigenvalue weighted by atomic mass is 32.1. The first-order valence-electron chi connectivity index (χ1n) is 10.2. The Bertz CT molecular complexity index is 1320. The molecule has 2 aromatic heterocycles. The van der Waals surface area contributed by atoms with Crippen molar-refractivity contribution in [3.63, 3.8) is 0 Å². The standard InChI is InChI=1S/C23H22FN3O4S/c1-5-30-23(29)18-10-25-21-14(6-11(2)7-17(21)26-18)22-27-16-8-15(24)19(9-20(16)32-22)31-13(4)12(3)28/h6-10,12-13,28H,5H2,1-4H3/t12-,13+/m1/s1. The lowest BCUT2D eigenvalue weighted by Crippen LogP contribution is -2.25. The number of benzene rings is 2. The molecule has 2 aromatic carbocycles. The number of carbonyl (C=O) groups is 1. The molecule has 0 aliphatic heterocycles. The first-order chi connectivity index (χ1) is 15.3. The summed E-state index contributed by atoms with van der Waals surface area (Å²) in [4.78, 5) is 25.5. The number of thiazole rings is 1. The molecule has 0 aliphatic rings. The molecule has 32 heavy (non-hydrogen) atoms. The van der Waals surface area contributed by atoms with Gasteiger partial charge in [0.05, 0.1) is 40.2 Å². The van der Waals surface area contributed by atoms with Gasteiger partial charge in [-0.2, -0.15) is 0 Å². The number of ether oxygens (including phenoxy) is 2. The Morgan fingerprint density at radius 2 is 1.97 bits per heavy atom. The zero-order chi connectivity index (χ0) is 23.0. The topological polar surface area (TPSA) is 94.4 Å². The van der Waals surface area contributed by atoms with Crippen LogP contribution in [0.15, 0.2) is 30.5 Å². The number of hydrogen-bond donors (Lipinski definition) is 1. The summed E-state index contributed by atoms with van der Waals surface area (Å²) < 4.78 is 25.9. The number of nitrogens with zero attached hydrogens (tertiary/aromatic N) is 3. The van der Waals surface area contributed by atoms with Crippen molar-refractivity contribution in [3.8, 4) is 16.3 Å². The van der Waals surface area contributed by atoms with E-state index in [2.05, 4.69) is 15.0 Å². The van der Waals surface area contributed by atoms with E-state index < -0.39 is 24.0 Å². The van der Waals surface area contributed by atoms with Gasteiger partial charge in [-0.1, -0.05) is 0 Å². The third-order valence-corrected chi connectivity index (χ3v) is 5.99. The highest BCUT2D eigenvalue weighted by Crippen LogP contribution is 2.37. The highest BCUT2D eigenvalue weighted by molar-refractivity contribution is 7.21. The van der Waals surface area contributed by atoms with Gasteiger partial charge in [0.1, 0.15) is 11.1 Å². The van der Waals surface area contributed by atoms with E-state index in [4.69, 9.17) is 9.47 Å². The van der Waals surface area contributed by atoms with E-state index in [0.29, 0.717) is 21.6 Å². The van der Waals surface area contributed by atoms with Gasteiger partial charge in [0.15, 0.2) is 17.3 Å². The Balaban J connectivity index is 1.79. The van der Waals surface area contributed by atoms with E-state index in [9.17, 15) is 14.3 Å². The number of aryl methyl sites for hydroxylation is 1. The molecule has 0 saturated carbocycles. The summed E-state index contributed by atoms with van der Waals surface area (Å²) in [5.74, 6) is -1.01. The number of carbonyl (C=O) groups excluding carboxylic acids is 1. The molecule has 0 saturated heterocycles. The maximum Gasteiger partial charge on any atom is 0.358 e. The fourth-order valence-electron chi connectivity index (χ4n) is 3.17. The first kappa shape index (κ1) is 22.0. The summed E-state index contributed by atoms with van der Waals surface area (Å²) in [5.41, 5.74) is 3.42. The van der Waals surface area contributed by atoms with Gasteiger partial charge in [0.25, 0.3) is 0 Å². The summed E-state index contributed by atoms with van der Waals surface area (Å²) in [6, 6.07) is 6.68. The Labute approximate surface area is 187 Å². The second-order valence-corrected chi connectivity index (χ2v) is 8.52. The molecular formula is C23H22FN3O4S. The minimum Gasteiger partial charge on any atom is -0.485 e. The highest BCUT2D eigenvalue weighted by Gasteiger charge is 2.19. The summed E-state index contributed by atoms with van der Waals surface area (Å²) in [6.07, 6.45) is 0.0907. The fraction of sp³-hybridized carbons (Fsp3) is 0.304. The van der Waals surface area contributed by atoms with Crippen LogP contribution in [0.2, 0.25) is 0 Å². The van der Waals surface area contributed by atoms with E-state index in [1.807, 2.05) is 19.1 Å². The molecule has 7 nitrogen and oxygen atoms in total. The molecule has 4 rings (SSSR count). The number of esters is 1. The summed E-state index contributed by atoms with van der Waals surface area (Å²) in [7, 11) is 0. The lowest BCUT2D eigenvalue weighted by Gasteiger charge is -2.17. The van der Waals surface area contributed by atoms with E-state index >= 15 is 0 Å². The fourth-order valence-corrected chi connectivity index (χ4v) is 4.16. The van der Waals surface area contributed by atoms with Crippen LogP contribution in [0.3, 0.4) is 0 Å². The van der Waals surface area contributed by atoms with Gasteiger partial charge in [-0.15, -0.1) is 11.3 Å². The van der Waals surface area contributed by atoms with Crippen LogP contribution in [0, 0.1) is 12.7 Å². The Kier molecular flexibility index (Phi) is 6.03. The Hall–Kier alpha value is -3.17. The van der Waals surface area contributed by atoms with Crippen LogP contribution in [0.4, 0.5) is 4.39 Å². The first-order valence-corrected chi connectivity index (χ1v) is 11.0. The van der Waals surface area contributed by atoms with Gasteiger partial charge in [0, 0.05) is 17.7 Å². The molecule has 166 valence electrons. The smallest absolute Gasteiger partial charge is 0.358 e. The molecule has 0 aliphatic carbocycles. The second-order valence-electron chi connectivity index (χ2n) is 7.49. The number of aliphatic hydroxyl groups excluding tert-OH is 1. The van der Waals surface area contributed by atoms with E-state index in [-0.39, 0.29) is 18.1 Å². The maximum absolute atomic E-state index is 14.5. The molecule has 0 unspecified atom stereocenters. The van der Waals surface area contributed by atoms with Gasteiger partial charge < -0.3 is 14.6 Å². The van der Waals surface area contributed by atoms with Crippen molar-refractivity contribution in [2.24, 2.45) is 0 Å². The third-order valence-electron chi connectivity index (χ3n) is 4.94. The van der Waals surface area contributed by atoms with Crippen LogP contribution < -0.4 is 4.74 Å². The zero-order valence-corrected chi connectivity index (χ0v) is 18.9. The number of hydrogen-bond acceptors (Lipinski definition) is 8. The molecular weight excluding hydrogens is 433 g/mol. The molecule has 0 fully saturated rings. The van der Waals surface area contributed by atoms with Crippen LogP contribution in [-0.4, -0.2) is 44.8 Å². The minimum atomic E-state index is -0.737. The second kappa shape index (κ2) is 8.76. The molecule has 2 atom stereocenters. The van der Waals surface area contributed by atoms with Crippen LogP contribution in [0.25, 0.3) is 31.8 Å². The lowest BCUT2D eigenvalue weighted by molar-refractivity contribution is 0.0519. The zero-order valence-electron chi connectivity index (χ0n) is 18.0. The van der Waals surface area contributed by atoms with Crippen molar-refractivity contribution in [3.05, 3.63) is 47.5 Å². The van der Waals surface area contributed by atoms with E-state index in [1.54, 1.807) is 26.8 Å².